The quantitative estimate of drug-likeness (QED) is 0.297. The summed E-state index contributed by atoms with van der Waals surface area (Å²) in [7, 11) is 0. The molecule has 0 fully saturated rings. The van der Waals surface area contributed by atoms with Crippen LogP contribution in [-0.2, 0) is 23.9 Å². The first-order valence-electron chi connectivity index (χ1n) is 5.30. The second kappa shape index (κ2) is 8.32. The van der Waals surface area contributed by atoms with Crippen LogP contribution >= 0.6 is 0 Å². The van der Waals surface area contributed by atoms with Crippen molar-refractivity contribution in [3.63, 3.8) is 0 Å². The molecule has 6 heteroatoms. The Morgan fingerprint density at radius 2 is 1.71 bits per heavy atom. The number of nitrogens with one attached hydrogen (secondary N) is 1. The van der Waals surface area contributed by atoms with Crippen LogP contribution < -0.4 is 5.32 Å². The van der Waals surface area contributed by atoms with Gasteiger partial charge in [-0.05, 0) is 20.8 Å². The third-order valence-corrected chi connectivity index (χ3v) is 1.67. The molecule has 0 saturated carbocycles. The van der Waals surface area contributed by atoms with Crippen LogP contribution in [0.1, 0.15) is 20.8 Å². The predicted molar refractivity (Wildman–Crippen MR) is 60.0 cm³/mol. The van der Waals surface area contributed by atoms with Crippen LogP contribution in [0.3, 0.4) is 0 Å². The fourth-order valence-corrected chi connectivity index (χ4v) is 0.962. The fraction of sp³-hybridized carbons (Fsp3) is 0.545. The lowest BCUT2D eigenvalue weighted by Gasteiger charge is -2.05. The van der Waals surface area contributed by atoms with E-state index in [1.54, 1.807) is 13.8 Å². The van der Waals surface area contributed by atoms with Crippen molar-refractivity contribution in [1.29, 1.82) is 0 Å². The summed E-state index contributed by atoms with van der Waals surface area (Å²) in [6, 6.07) is 0. The van der Waals surface area contributed by atoms with Gasteiger partial charge in [-0.2, -0.15) is 0 Å². The minimum absolute atomic E-state index is 0.107. The van der Waals surface area contributed by atoms with E-state index in [1.165, 1.54) is 6.92 Å². The molecule has 96 valence electrons. The van der Waals surface area contributed by atoms with Crippen molar-refractivity contribution < 1.29 is 23.9 Å². The summed E-state index contributed by atoms with van der Waals surface area (Å²) >= 11 is 0. The first-order valence-corrected chi connectivity index (χ1v) is 5.30. The van der Waals surface area contributed by atoms with Crippen LogP contribution in [-0.4, -0.2) is 37.5 Å². The van der Waals surface area contributed by atoms with E-state index in [0.29, 0.717) is 0 Å². The summed E-state index contributed by atoms with van der Waals surface area (Å²) in [5, 5.41) is 2.53. The van der Waals surface area contributed by atoms with E-state index in [0.717, 1.165) is 6.20 Å². The van der Waals surface area contributed by atoms with Gasteiger partial charge in [0.25, 0.3) is 0 Å². The van der Waals surface area contributed by atoms with E-state index in [1.807, 2.05) is 0 Å². The molecule has 0 unspecified atom stereocenters. The van der Waals surface area contributed by atoms with Gasteiger partial charge >= 0.3 is 11.9 Å². The maximum absolute atomic E-state index is 11.3. The molecule has 0 atom stereocenters. The van der Waals surface area contributed by atoms with Crippen molar-refractivity contribution >= 4 is 17.7 Å². The molecule has 0 aromatic carbocycles. The Hall–Kier alpha value is -1.85. The maximum Gasteiger partial charge on any atom is 0.343 e. The van der Waals surface area contributed by atoms with Gasteiger partial charge in [0.05, 0.1) is 13.2 Å². The van der Waals surface area contributed by atoms with Gasteiger partial charge in [0.15, 0.2) is 5.78 Å². The van der Waals surface area contributed by atoms with Crippen LogP contribution in [0, 0.1) is 0 Å². The second-order valence-electron chi connectivity index (χ2n) is 3.02. The third-order valence-electron chi connectivity index (χ3n) is 1.67. The minimum atomic E-state index is -0.712. The number of carbonyl (C=O) groups excluding carboxylic acids is 3. The number of ketones is 1. The molecule has 17 heavy (non-hydrogen) atoms. The monoisotopic (exact) mass is 243 g/mol. The average molecular weight is 243 g/mol. The standard InChI is InChI=1S/C11H17NO5/c1-4-16-10(14)7-12-6-9(8(3)13)11(15)17-5-2/h6,12H,4-5,7H2,1-3H3. The number of hydrogen-bond donors (Lipinski definition) is 1. The predicted octanol–water partition coefficient (Wildman–Crippen LogP) is 0.175. The summed E-state index contributed by atoms with van der Waals surface area (Å²) in [5.41, 5.74) is -0.129. The van der Waals surface area contributed by atoms with Crippen molar-refractivity contribution in [2.75, 3.05) is 19.8 Å². The largest absolute Gasteiger partial charge is 0.465 e. The Labute approximate surface area is 100.0 Å². The SMILES string of the molecule is CCOC(=O)CNC=C(C(C)=O)C(=O)OCC. The van der Waals surface area contributed by atoms with Crippen molar-refractivity contribution in [3.8, 4) is 0 Å². The highest BCUT2D eigenvalue weighted by Gasteiger charge is 2.15. The summed E-state index contributed by atoms with van der Waals surface area (Å²) in [6.07, 6.45) is 1.16. The summed E-state index contributed by atoms with van der Waals surface area (Å²) in [6.45, 7) is 4.93. The number of esters is 2. The second-order valence-corrected chi connectivity index (χ2v) is 3.02. The maximum atomic E-state index is 11.3. The topological polar surface area (TPSA) is 81.7 Å². The lowest BCUT2D eigenvalue weighted by Crippen LogP contribution is -2.23. The van der Waals surface area contributed by atoms with Gasteiger partial charge in [-0.15, -0.1) is 0 Å². The molecule has 0 aromatic heterocycles. The molecule has 1 N–H and O–H groups in total. The number of ether oxygens (including phenoxy) is 2. The molecule has 6 nitrogen and oxygen atoms in total. The third kappa shape index (κ3) is 6.34. The number of Topliss-reactive ketones (excluding diaryl/α,β-unsaturated/α-hetero) is 1. The highest BCUT2D eigenvalue weighted by molar-refractivity contribution is 6.16. The average Bonchev–Trinajstić information content (AvgIpc) is 2.24. The number of hydrogen-bond acceptors (Lipinski definition) is 6. The molecule has 0 rings (SSSR count). The molecule has 0 aliphatic carbocycles. The lowest BCUT2D eigenvalue weighted by molar-refractivity contribution is -0.142. The Balaban J connectivity index is 4.36. The van der Waals surface area contributed by atoms with Crippen LogP contribution in [0.25, 0.3) is 0 Å². The van der Waals surface area contributed by atoms with Crippen LogP contribution in [0.5, 0.6) is 0 Å². The van der Waals surface area contributed by atoms with E-state index in [4.69, 9.17) is 0 Å². The van der Waals surface area contributed by atoms with E-state index < -0.39 is 17.7 Å². The molecule has 0 radical (unpaired) electrons. The van der Waals surface area contributed by atoms with Gasteiger partial charge in [-0.3, -0.25) is 9.59 Å². The van der Waals surface area contributed by atoms with Crippen LogP contribution in [0.4, 0.5) is 0 Å². The van der Waals surface area contributed by atoms with Gasteiger partial charge in [0.1, 0.15) is 12.1 Å². The Morgan fingerprint density at radius 1 is 1.12 bits per heavy atom. The zero-order valence-electron chi connectivity index (χ0n) is 10.2. The molecule has 0 heterocycles. The molecule has 0 aliphatic rings. The minimum Gasteiger partial charge on any atom is -0.465 e. The normalized spacial score (nSPS) is 10.6. The van der Waals surface area contributed by atoms with Gasteiger partial charge in [-0.1, -0.05) is 0 Å². The highest BCUT2D eigenvalue weighted by atomic mass is 16.5. The number of rotatable bonds is 7. The lowest BCUT2D eigenvalue weighted by atomic mass is 10.2. The summed E-state index contributed by atoms with van der Waals surface area (Å²) in [4.78, 5) is 33.4. The van der Waals surface area contributed by atoms with Gasteiger partial charge in [-0.25, -0.2) is 4.79 Å². The molecule has 0 bridgehead atoms. The van der Waals surface area contributed by atoms with E-state index in [-0.39, 0.29) is 25.3 Å². The van der Waals surface area contributed by atoms with Crippen molar-refractivity contribution in [2.24, 2.45) is 0 Å². The molecular weight excluding hydrogens is 226 g/mol. The Bertz CT molecular complexity index is 322. The molecule has 0 spiro atoms. The Morgan fingerprint density at radius 3 is 2.18 bits per heavy atom. The van der Waals surface area contributed by atoms with Gasteiger partial charge in [0.2, 0.25) is 0 Å². The first kappa shape index (κ1) is 15.2. The molecule has 0 aliphatic heterocycles. The van der Waals surface area contributed by atoms with Gasteiger partial charge < -0.3 is 14.8 Å². The van der Waals surface area contributed by atoms with E-state index in [2.05, 4.69) is 14.8 Å². The molecule has 0 amide bonds. The van der Waals surface area contributed by atoms with E-state index >= 15 is 0 Å². The summed E-state index contributed by atoms with van der Waals surface area (Å²) in [5.74, 6) is -1.60. The van der Waals surface area contributed by atoms with Crippen molar-refractivity contribution in [3.05, 3.63) is 11.8 Å². The molecular formula is C11H17NO5. The highest BCUT2D eigenvalue weighted by Crippen LogP contribution is 1.98. The van der Waals surface area contributed by atoms with Crippen molar-refractivity contribution in [1.82, 2.24) is 5.32 Å². The first-order chi connectivity index (χ1) is 8.02. The Kier molecular flexibility index (Phi) is 7.41. The van der Waals surface area contributed by atoms with E-state index in [9.17, 15) is 14.4 Å². The zero-order chi connectivity index (χ0) is 13.3. The summed E-state index contributed by atoms with van der Waals surface area (Å²) < 4.78 is 9.35. The van der Waals surface area contributed by atoms with Crippen LogP contribution in [0.15, 0.2) is 11.8 Å². The van der Waals surface area contributed by atoms with Gasteiger partial charge in [0, 0.05) is 6.20 Å². The number of carbonyl (C=O) groups is 3. The molecule has 0 saturated heterocycles. The zero-order valence-corrected chi connectivity index (χ0v) is 10.2. The molecule has 0 aromatic rings. The van der Waals surface area contributed by atoms with Crippen LogP contribution in [0.2, 0.25) is 0 Å². The van der Waals surface area contributed by atoms with Crippen molar-refractivity contribution in [2.45, 2.75) is 20.8 Å². The fourth-order valence-electron chi connectivity index (χ4n) is 0.962. The smallest absolute Gasteiger partial charge is 0.343 e.